The molecule has 0 saturated heterocycles. The summed E-state index contributed by atoms with van der Waals surface area (Å²) in [4.78, 5) is 14.2. The second-order valence-electron chi connectivity index (χ2n) is 4.23. The minimum atomic E-state index is -4.18. The van der Waals surface area contributed by atoms with Gasteiger partial charge in [-0.1, -0.05) is 0 Å². The van der Waals surface area contributed by atoms with E-state index < -0.39 is 12.6 Å². The smallest absolute Gasteiger partial charge is 0.389 e. The number of halogens is 3. The first kappa shape index (κ1) is 17.3. The number of nitrogens with one attached hydrogen (secondary N) is 1. The molecular formula is C12H20F3N5O. The summed E-state index contributed by atoms with van der Waals surface area (Å²) in [6, 6.07) is 0.0263. The summed E-state index contributed by atoms with van der Waals surface area (Å²) in [5.41, 5.74) is 0. The molecule has 0 bridgehead atoms. The molecule has 1 rings (SSSR count). The minimum absolute atomic E-state index is 0.0263. The Morgan fingerprint density at radius 2 is 1.81 bits per heavy atom. The van der Waals surface area contributed by atoms with Gasteiger partial charge in [0.05, 0.1) is 6.61 Å². The first-order chi connectivity index (χ1) is 9.89. The van der Waals surface area contributed by atoms with Gasteiger partial charge in [0.15, 0.2) is 0 Å². The van der Waals surface area contributed by atoms with Crippen molar-refractivity contribution in [2.24, 2.45) is 0 Å². The van der Waals surface area contributed by atoms with Crippen LogP contribution in [-0.2, 0) is 0 Å². The van der Waals surface area contributed by atoms with Gasteiger partial charge in [-0.25, -0.2) is 0 Å². The SMILES string of the molecule is CCN(CC)c1nc(NC)nc(OCCCC(F)(F)F)n1. The van der Waals surface area contributed by atoms with Crippen molar-refractivity contribution in [3.8, 4) is 6.01 Å². The van der Waals surface area contributed by atoms with Crippen LogP contribution in [0, 0.1) is 0 Å². The summed E-state index contributed by atoms with van der Waals surface area (Å²) >= 11 is 0. The van der Waals surface area contributed by atoms with Gasteiger partial charge in [0.25, 0.3) is 0 Å². The van der Waals surface area contributed by atoms with Crippen molar-refractivity contribution in [3.05, 3.63) is 0 Å². The number of hydrogen-bond donors (Lipinski definition) is 1. The van der Waals surface area contributed by atoms with Gasteiger partial charge in [-0.3, -0.25) is 0 Å². The molecule has 0 aromatic carbocycles. The van der Waals surface area contributed by atoms with Crippen molar-refractivity contribution >= 4 is 11.9 Å². The topological polar surface area (TPSA) is 63.2 Å². The number of alkyl halides is 3. The van der Waals surface area contributed by atoms with E-state index in [1.165, 1.54) is 0 Å². The summed E-state index contributed by atoms with van der Waals surface area (Å²) in [7, 11) is 1.65. The van der Waals surface area contributed by atoms with Crippen LogP contribution >= 0.6 is 0 Å². The predicted molar refractivity (Wildman–Crippen MR) is 73.7 cm³/mol. The summed E-state index contributed by atoms with van der Waals surface area (Å²) in [5.74, 6) is 0.753. The molecule has 0 aliphatic heterocycles. The maximum Gasteiger partial charge on any atom is 0.389 e. The third-order valence-corrected chi connectivity index (χ3v) is 2.71. The van der Waals surface area contributed by atoms with E-state index in [4.69, 9.17) is 4.74 Å². The highest BCUT2D eigenvalue weighted by atomic mass is 19.4. The summed E-state index contributed by atoms with van der Waals surface area (Å²) in [6.45, 7) is 5.23. The lowest BCUT2D eigenvalue weighted by atomic mass is 10.3. The highest BCUT2D eigenvalue weighted by Gasteiger charge is 2.26. The number of rotatable bonds is 8. The van der Waals surface area contributed by atoms with Crippen LogP contribution in [0.4, 0.5) is 25.1 Å². The maximum absolute atomic E-state index is 12.0. The highest BCUT2D eigenvalue weighted by Crippen LogP contribution is 2.21. The molecule has 6 nitrogen and oxygen atoms in total. The standard InChI is InChI=1S/C12H20F3N5O/c1-4-20(5-2)10-17-9(16-3)18-11(19-10)21-8-6-7-12(13,14)15/h4-8H2,1-3H3,(H,16,17,18,19). The third kappa shape index (κ3) is 6.01. The van der Waals surface area contributed by atoms with E-state index >= 15 is 0 Å². The molecule has 0 fully saturated rings. The second kappa shape index (κ2) is 7.84. The Morgan fingerprint density at radius 1 is 1.14 bits per heavy atom. The summed E-state index contributed by atoms with van der Waals surface area (Å²) < 4.78 is 41.3. The lowest BCUT2D eigenvalue weighted by Crippen LogP contribution is -2.25. The number of nitrogens with zero attached hydrogens (tertiary/aromatic N) is 4. The quantitative estimate of drug-likeness (QED) is 0.744. The van der Waals surface area contributed by atoms with Crippen LogP contribution in [-0.4, -0.2) is 47.9 Å². The fraction of sp³-hybridized carbons (Fsp3) is 0.750. The molecule has 1 aromatic rings. The Balaban J connectivity index is 2.70. The van der Waals surface area contributed by atoms with Crippen molar-refractivity contribution in [1.82, 2.24) is 15.0 Å². The fourth-order valence-electron chi connectivity index (χ4n) is 1.61. The number of ether oxygens (including phenoxy) is 1. The average molecular weight is 307 g/mol. The Kier molecular flexibility index (Phi) is 6.44. The first-order valence-electron chi connectivity index (χ1n) is 6.78. The van der Waals surface area contributed by atoms with Crippen molar-refractivity contribution in [2.75, 3.05) is 37.0 Å². The highest BCUT2D eigenvalue weighted by molar-refractivity contribution is 5.37. The van der Waals surface area contributed by atoms with Gasteiger partial charge in [-0.05, 0) is 20.3 Å². The van der Waals surface area contributed by atoms with Crippen molar-refractivity contribution in [2.45, 2.75) is 32.9 Å². The van der Waals surface area contributed by atoms with Gasteiger partial charge in [0.1, 0.15) is 0 Å². The Labute approximate surface area is 121 Å². The molecule has 0 radical (unpaired) electrons. The second-order valence-corrected chi connectivity index (χ2v) is 4.23. The fourth-order valence-corrected chi connectivity index (χ4v) is 1.61. The molecule has 0 saturated carbocycles. The molecule has 1 aromatic heterocycles. The van der Waals surface area contributed by atoms with Crippen LogP contribution in [0.15, 0.2) is 0 Å². The molecule has 1 N–H and O–H groups in total. The zero-order valence-corrected chi connectivity index (χ0v) is 12.4. The van der Waals surface area contributed by atoms with Crippen LogP contribution in [0.5, 0.6) is 6.01 Å². The first-order valence-corrected chi connectivity index (χ1v) is 6.78. The molecule has 0 unspecified atom stereocenters. The molecule has 0 amide bonds. The van der Waals surface area contributed by atoms with E-state index in [-0.39, 0.29) is 19.0 Å². The largest absolute Gasteiger partial charge is 0.463 e. The van der Waals surface area contributed by atoms with E-state index in [9.17, 15) is 13.2 Å². The van der Waals surface area contributed by atoms with Gasteiger partial charge in [-0.2, -0.15) is 28.1 Å². The van der Waals surface area contributed by atoms with Gasteiger partial charge < -0.3 is 15.0 Å². The van der Waals surface area contributed by atoms with Gasteiger partial charge in [-0.15, -0.1) is 0 Å². The summed E-state index contributed by atoms with van der Waals surface area (Å²) in [6.07, 6.45) is -5.20. The lowest BCUT2D eigenvalue weighted by molar-refractivity contribution is -0.136. The molecule has 120 valence electrons. The predicted octanol–water partition coefficient (Wildman–Crippen LogP) is 2.48. The van der Waals surface area contributed by atoms with Crippen LogP contribution < -0.4 is 15.0 Å². The van der Waals surface area contributed by atoms with Crippen LogP contribution in [0.3, 0.4) is 0 Å². The van der Waals surface area contributed by atoms with E-state index in [1.807, 2.05) is 18.7 Å². The van der Waals surface area contributed by atoms with Crippen LogP contribution in [0.25, 0.3) is 0 Å². The zero-order valence-electron chi connectivity index (χ0n) is 12.4. The molecule has 9 heteroatoms. The Hall–Kier alpha value is -1.80. The Morgan fingerprint density at radius 3 is 2.33 bits per heavy atom. The number of anilines is 2. The van der Waals surface area contributed by atoms with Crippen LogP contribution in [0.1, 0.15) is 26.7 Å². The maximum atomic E-state index is 12.0. The Bertz CT molecular complexity index is 437. The van der Waals surface area contributed by atoms with E-state index in [1.54, 1.807) is 7.05 Å². The lowest BCUT2D eigenvalue weighted by Gasteiger charge is -2.19. The average Bonchev–Trinajstić information content (AvgIpc) is 2.44. The molecule has 0 aliphatic rings. The van der Waals surface area contributed by atoms with Crippen LogP contribution in [0.2, 0.25) is 0 Å². The molecule has 1 heterocycles. The van der Waals surface area contributed by atoms with Crippen molar-refractivity contribution in [3.63, 3.8) is 0 Å². The molecular weight excluding hydrogens is 287 g/mol. The number of aromatic nitrogens is 3. The van der Waals surface area contributed by atoms with E-state index in [2.05, 4.69) is 20.3 Å². The van der Waals surface area contributed by atoms with E-state index in [0.29, 0.717) is 25.0 Å². The van der Waals surface area contributed by atoms with Crippen molar-refractivity contribution in [1.29, 1.82) is 0 Å². The zero-order chi connectivity index (χ0) is 15.9. The van der Waals surface area contributed by atoms with Gasteiger partial charge >= 0.3 is 12.2 Å². The van der Waals surface area contributed by atoms with Gasteiger partial charge in [0.2, 0.25) is 11.9 Å². The number of hydrogen-bond acceptors (Lipinski definition) is 6. The molecule has 0 spiro atoms. The third-order valence-electron chi connectivity index (χ3n) is 2.71. The molecule has 21 heavy (non-hydrogen) atoms. The minimum Gasteiger partial charge on any atom is -0.463 e. The molecule has 0 atom stereocenters. The summed E-state index contributed by atoms with van der Waals surface area (Å²) in [5, 5.41) is 2.78. The van der Waals surface area contributed by atoms with E-state index in [0.717, 1.165) is 0 Å². The van der Waals surface area contributed by atoms with Gasteiger partial charge in [0, 0.05) is 26.6 Å². The normalized spacial score (nSPS) is 11.3. The van der Waals surface area contributed by atoms with Crippen molar-refractivity contribution < 1.29 is 17.9 Å². The molecule has 0 aliphatic carbocycles. The monoisotopic (exact) mass is 307 g/mol.